The van der Waals surface area contributed by atoms with Crippen molar-refractivity contribution in [2.45, 2.75) is 6.42 Å². The lowest BCUT2D eigenvalue weighted by atomic mass is 10.0. The highest BCUT2D eigenvalue weighted by Crippen LogP contribution is 2.19. The van der Waals surface area contributed by atoms with Crippen molar-refractivity contribution >= 4 is 17.6 Å². The van der Waals surface area contributed by atoms with E-state index in [1.165, 1.54) is 0 Å². The fraction of sp³-hybridized carbons (Fsp3) is 0.0714. The van der Waals surface area contributed by atoms with E-state index in [4.69, 9.17) is 16.7 Å². The number of carboxylic acids is 1. The molecule has 0 aromatic heterocycles. The molecule has 0 heterocycles. The number of hydrogen-bond donors (Lipinski definition) is 1. The topological polar surface area (TPSA) is 37.3 Å². The molecule has 2 aromatic rings. The quantitative estimate of drug-likeness (QED) is 0.898. The summed E-state index contributed by atoms with van der Waals surface area (Å²) in [5.41, 5.74) is 2.24. The number of benzene rings is 2. The molecule has 0 aliphatic heterocycles. The predicted molar refractivity (Wildman–Crippen MR) is 67.7 cm³/mol. The molecule has 0 bridgehead atoms. The molecule has 17 heavy (non-hydrogen) atoms. The van der Waals surface area contributed by atoms with Crippen LogP contribution < -0.4 is 0 Å². The van der Waals surface area contributed by atoms with Gasteiger partial charge in [-0.3, -0.25) is 0 Å². The Morgan fingerprint density at radius 1 is 1.06 bits per heavy atom. The van der Waals surface area contributed by atoms with Crippen molar-refractivity contribution in [2.75, 3.05) is 0 Å². The Balaban J connectivity index is 2.29. The lowest BCUT2D eigenvalue weighted by molar-refractivity contribution is 0.0697. The van der Waals surface area contributed by atoms with E-state index < -0.39 is 5.97 Å². The van der Waals surface area contributed by atoms with Gasteiger partial charge in [0, 0.05) is 0 Å². The maximum atomic E-state index is 10.9. The molecule has 0 fully saturated rings. The molecule has 1 N–H and O–H groups in total. The Labute approximate surface area is 104 Å². The molecule has 0 atom stereocenters. The fourth-order valence-corrected chi connectivity index (χ4v) is 1.88. The molecular weight excluding hydrogens is 236 g/mol. The minimum atomic E-state index is -0.995. The van der Waals surface area contributed by atoms with Crippen LogP contribution in [0.25, 0.3) is 0 Å². The van der Waals surface area contributed by atoms with Gasteiger partial charge in [-0.15, -0.1) is 0 Å². The Bertz CT molecular complexity index is 535. The van der Waals surface area contributed by atoms with Gasteiger partial charge in [0.25, 0.3) is 0 Å². The Kier molecular flexibility index (Phi) is 3.45. The molecule has 86 valence electrons. The first-order valence-electron chi connectivity index (χ1n) is 5.22. The Morgan fingerprint density at radius 3 is 2.41 bits per heavy atom. The van der Waals surface area contributed by atoms with Crippen LogP contribution in [-0.4, -0.2) is 11.1 Å². The van der Waals surface area contributed by atoms with Crippen LogP contribution in [0.4, 0.5) is 0 Å². The standard InChI is InChI=1S/C14H11ClO2/c15-13-7-6-11(9-12(13)14(16)17)8-10-4-2-1-3-5-10/h1-7,9H,8H2,(H,16,17). The Hall–Kier alpha value is -1.80. The van der Waals surface area contributed by atoms with Gasteiger partial charge in [0.15, 0.2) is 0 Å². The monoisotopic (exact) mass is 246 g/mol. The van der Waals surface area contributed by atoms with Gasteiger partial charge in [0.1, 0.15) is 0 Å². The van der Waals surface area contributed by atoms with Gasteiger partial charge in [-0.25, -0.2) is 4.79 Å². The molecule has 0 amide bonds. The van der Waals surface area contributed by atoms with Crippen molar-refractivity contribution in [3.05, 3.63) is 70.2 Å². The molecule has 0 aliphatic rings. The van der Waals surface area contributed by atoms with Crippen molar-refractivity contribution in [3.63, 3.8) is 0 Å². The van der Waals surface area contributed by atoms with Gasteiger partial charge < -0.3 is 5.11 Å². The number of carbonyl (C=O) groups is 1. The zero-order valence-electron chi connectivity index (χ0n) is 9.06. The third-order valence-corrected chi connectivity index (χ3v) is 2.84. The second kappa shape index (κ2) is 5.02. The van der Waals surface area contributed by atoms with Crippen LogP contribution in [0.15, 0.2) is 48.5 Å². The molecule has 0 aliphatic carbocycles. The second-order valence-corrected chi connectivity index (χ2v) is 4.19. The fourth-order valence-electron chi connectivity index (χ4n) is 1.68. The lowest BCUT2D eigenvalue weighted by Crippen LogP contribution is -1.99. The predicted octanol–water partition coefficient (Wildman–Crippen LogP) is 3.63. The van der Waals surface area contributed by atoms with Crippen LogP contribution >= 0.6 is 11.6 Å². The summed E-state index contributed by atoms with van der Waals surface area (Å²) in [5.74, 6) is -0.995. The number of hydrogen-bond acceptors (Lipinski definition) is 1. The normalized spacial score (nSPS) is 10.2. The molecule has 0 radical (unpaired) electrons. The zero-order chi connectivity index (χ0) is 12.3. The summed E-state index contributed by atoms with van der Waals surface area (Å²) >= 11 is 5.81. The van der Waals surface area contributed by atoms with Crippen molar-refractivity contribution in [1.29, 1.82) is 0 Å². The second-order valence-electron chi connectivity index (χ2n) is 3.78. The van der Waals surface area contributed by atoms with E-state index in [0.29, 0.717) is 6.42 Å². The van der Waals surface area contributed by atoms with Crippen molar-refractivity contribution < 1.29 is 9.90 Å². The molecule has 2 aromatic carbocycles. The van der Waals surface area contributed by atoms with Crippen LogP contribution in [0.1, 0.15) is 21.5 Å². The van der Waals surface area contributed by atoms with Gasteiger partial charge in [-0.1, -0.05) is 48.0 Å². The van der Waals surface area contributed by atoms with Crippen LogP contribution in [-0.2, 0) is 6.42 Å². The zero-order valence-corrected chi connectivity index (χ0v) is 9.82. The van der Waals surface area contributed by atoms with E-state index in [0.717, 1.165) is 11.1 Å². The van der Waals surface area contributed by atoms with Crippen LogP contribution in [0.2, 0.25) is 5.02 Å². The van der Waals surface area contributed by atoms with Gasteiger partial charge in [0.05, 0.1) is 10.6 Å². The number of halogens is 1. The summed E-state index contributed by atoms with van der Waals surface area (Å²) < 4.78 is 0. The average Bonchev–Trinajstić information content (AvgIpc) is 2.32. The average molecular weight is 247 g/mol. The third kappa shape index (κ3) is 2.86. The lowest BCUT2D eigenvalue weighted by Gasteiger charge is -2.04. The van der Waals surface area contributed by atoms with E-state index in [1.54, 1.807) is 12.1 Å². The largest absolute Gasteiger partial charge is 0.478 e. The maximum absolute atomic E-state index is 10.9. The van der Waals surface area contributed by atoms with Crippen LogP contribution in [0.3, 0.4) is 0 Å². The summed E-state index contributed by atoms with van der Waals surface area (Å²) in [6.45, 7) is 0. The molecular formula is C14H11ClO2. The summed E-state index contributed by atoms with van der Waals surface area (Å²) in [7, 11) is 0. The highest BCUT2D eigenvalue weighted by Gasteiger charge is 2.09. The smallest absolute Gasteiger partial charge is 0.337 e. The first-order chi connectivity index (χ1) is 8.16. The summed E-state index contributed by atoms with van der Waals surface area (Å²) in [6.07, 6.45) is 0.707. The van der Waals surface area contributed by atoms with Crippen molar-refractivity contribution in [1.82, 2.24) is 0 Å². The van der Waals surface area contributed by atoms with Crippen molar-refractivity contribution in [2.24, 2.45) is 0 Å². The molecule has 2 nitrogen and oxygen atoms in total. The van der Waals surface area contributed by atoms with E-state index in [1.807, 2.05) is 36.4 Å². The molecule has 0 saturated heterocycles. The number of rotatable bonds is 3. The molecule has 2 rings (SSSR count). The summed E-state index contributed by atoms with van der Waals surface area (Å²) in [4.78, 5) is 10.9. The van der Waals surface area contributed by atoms with Crippen LogP contribution in [0, 0.1) is 0 Å². The first-order valence-corrected chi connectivity index (χ1v) is 5.60. The van der Waals surface area contributed by atoms with Gasteiger partial charge >= 0.3 is 5.97 Å². The summed E-state index contributed by atoms with van der Waals surface area (Å²) in [6, 6.07) is 15.0. The first kappa shape index (κ1) is 11.7. The van der Waals surface area contributed by atoms with Gasteiger partial charge in [-0.05, 0) is 29.7 Å². The minimum Gasteiger partial charge on any atom is -0.478 e. The summed E-state index contributed by atoms with van der Waals surface area (Å²) in [5, 5.41) is 9.24. The van der Waals surface area contributed by atoms with E-state index >= 15 is 0 Å². The van der Waals surface area contributed by atoms with Crippen LogP contribution in [0.5, 0.6) is 0 Å². The molecule has 0 unspecified atom stereocenters. The third-order valence-electron chi connectivity index (χ3n) is 2.51. The SMILES string of the molecule is O=C(O)c1cc(Cc2ccccc2)ccc1Cl. The van der Waals surface area contributed by atoms with Gasteiger partial charge in [0.2, 0.25) is 0 Å². The minimum absolute atomic E-state index is 0.153. The number of carboxylic acid groups (broad SMARTS) is 1. The van der Waals surface area contributed by atoms with E-state index in [-0.39, 0.29) is 10.6 Å². The maximum Gasteiger partial charge on any atom is 0.337 e. The van der Waals surface area contributed by atoms with Crippen molar-refractivity contribution in [3.8, 4) is 0 Å². The van der Waals surface area contributed by atoms with E-state index in [9.17, 15) is 4.79 Å². The van der Waals surface area contributed by atoms with E-state index in [2.05, 4.69) is 0 Å². The van der Waals surface area contributed by atoms with Gasteiger partial charge in [-0.2, -0.15) is 0 Å². The molecule has 0 spiro atoms. The highest BCUT2D eigenvalue weighted by molar-refractivity contribution is 6.33. The number of aromatic carboxylic acids is 1. The Morgan fingerprint density at radius 2 is 1.76 bits per heavy atom. The molecule has 3 heteroatoms. The molecule has 0 saturated carbocycles. The highest BCUT2D eigenvalue weighted by atomic mass is 35.5.